The zero-order valence-electron chi connectivity index (χ0n) is 15.7. The number of carbonyl (C=O) groups excluding carboxylic acids is 3. The molecule has 0 aromatic carbocycles. The number of Topliss-reactive ketones (excluding diaryl/α,β-unsaturated/α-hetero) is 1. The van der Waals surface area contributed by atoms with Gasteiger partial charge in [0.2, 0.25) is 0 Å². The van der Waals surface area contributed by atoms with Crippen LogP contribution in [-0.2, 0) is 28.5 Å². The van der Waals surface area contributed by atoms with Crippen molar-refractivity contribution in [3.05, 3.63) is 0 Å². The first kappa shape index (κ1) is 24.1. The number of ether oxygens (including phenoxy) is 5. The second kappa shape index (κ2) is 16.6. The standard InChI is InChI=1S/C16H30N2O8/c1-13(19)5-4-8-24-14(11-25-15(20)17-6-9-22-2)12-26-16(21)18-7-10-23-3/h14H,4-12H2,1-3H3,(H,17,20)(H,18,21). The Morgan fingerprint density at radius 1 is 0.846 bits per heavy atom. The van der Waals surface area contributed by atoms with E-state index in [0.717, 1.165) is 0 Å². The Kier molecular flexibility index (Phi) is 15.3. The number of methoxy groups -OCH3 is 2. The maximum absolute atomic E-state index is 11.5. The normalized spacial score (nSPS) is 10.5. The number of alkyl carbamates (subject to hydrolysis) is 2. The highest BCUT2D eigenvalue weighted by atomic mass is 16.6. The van der Waals surface area contributed by atoms with Crippen LogP contribution in [0.1, 0.15) is 19.8 Å². The summed E-state index contributed by atoms with van der Waals surface area (Å²) in [4.78, 5) is 34.0. The van der Waals surface area contributed by atoms with E-state index in [2.05, 4.69) is 10.6 Å². The molecule has 0 bridgehead atoms. The second-order valence-electron chi connectivity index (χ2n) is 5.33. The maximum atomic E-state index is 11.5. The summed E-state index contributed by atoms with van der Waals surface area (Å²) >= 11 is 0. The Hall–Kier alpha value is -1.91. The summed E-state index contributed by atoms with van der Waals surface area (Å²) in [5.41, 5.74) is 0. The lowest BCUT2D eigenvalue weighted by Crippen LogP contribution is -2.35. The van der Waals surface area contributed by atoms with Crippen LogP contribution >= 0.6 is 0 Å². The molecule has 0 saturated heterocycles. The number of carbonyl (C=O) groups is 3. The zero-order chi connectivity index (χ0) is 19.6. The minimum Gasteiger partial charge on any atom is -0.447 e. The molecule has 0 unspecified atom stereocenters. The summed E-state index contributed by atoms with van der Waals surface area (Å²) in [5, 5.41) is 5.00. The number of hydrogen-bond donors (Lipinski definition) is 2. The van der Waals surface area contributed by atoms with Crippen LogP contribution in [0.3, 0.4) is 0 Å². The van der Waals surface area contributed by atoms with Gasteiger partial charge in [-0.3, -0.25) is 0 Å². The van der Waals surface area contributed by atoms with Crippen molar-refractivity contribution in [1.29, 1.82) is 0 Å². The summed E-state index contributed by atoms with van der Waals surface area (Å²) in [6.45, 7) is 2.96. The Balaban J connectivity index is 4.20. The van der Waals surface area contributed by atoms with Crippen molar-refractivity contribution >= 4 is 18.0 Å². The minimum atomic E-state index is -0.636. The maximum Gasteiger partial charge on any atom is 0.407 e. The summed E-state index contributed by atoms with van der Waals surface area (Å²) in [7, 11) is 3.04. The fourth-order valence-electron chi connectivity index (χ4n) is 1.67. The monoisotopic (exact) mass is 378 g/mol. The molecule has 0 spiro atoms. The molecule has 0 aliphatic rings. The topological polar surface area (TPSA) is 121 Å². The van der Waals surface area contributed by atoms with Gasteiger partial charge in [-0.2, -0.15) is 0 Å². The Labute approximate surface area is 153 Å². The van der Waals surface area contributed by atoms with Crippen LogP contribution in [0.15, 0.2) is 0 Å². The SMILES string of the molecule is COCCNC(=O)OCC(COC(=O)NCCOC)OCCCC(C)=O. The van der Waals surface area contributed by atoms with Gasteiger partial charge in [0, 0.05) is 40.3 Å². The highest BCUT2D eigenvalue weighted by molar-refractivity contribution is 5.75. The van der Waals surface area contributed by atoms with Crippen molar-refractivity contribution in [2.75, 3.05) is 60.3 Å². The summed E-state index contributed by atoms with van der Waals surface area (Å²) < 4.78 is 25.2. The second-order valence-corrected chi connectivity index (χ2v) is 5.33. The molecular weight excluding hydrogens is 348 g/mol. The molecule has 0 atom stereocenters. The molecule has 0 aliphatic carbocycles. The van der Waals surface area contributed by atoms with Gasteiger partial charge in [-0.25, -0.2) is 9.59 Å². The Bertz CT molecular complexity index is 380. The molecule has 0 fully saturated rings. The third-order valence-electron chi connectivity index (χ3n) is 2.98. The molecule has 0 radical (unpaired) electrons. The quantitative estimate of drug-likeness (QED) is 0.395. The Morgan fingerprint density at radius 3 is 1.77 bits per heavy atom. The molecule has 2 amide bonds. The van der Waals surface area contributed by atoms with Crippen LogP contribution in [0, 0.1) is 0 Å². The van der Waals surface area contributed by atoms with Crippen molar-refractivity contribution in [2.24, 2.45) is 0 Å². The van der Waals surface area contributed by atoms with E-state index in [1.54, 1.807) is 0 Å². The molecule has 10 heteroatoms. The van der Waals surface area contributed by atoms with Crippen molar-refractivity contribution in [2.45, 2.75) is 25.9 Å². The van der Waals surface area contributed by atoms with E-state index in [9.17, 15) is 14.4 Å². The van der Waals surface area contributed by atoms with Gasteiger partial charge in [0.15, 0.2) is 0 Å². The van der Waals surface area contributed by atoms with Crippen molar-refractivity contribution in [3.63, 3.8) is 0 Å². The fourth-order valence-corrected chi connectivity index (χ4v) is 1.67. The smallest absolute Gasteiger partial charge is 0.407 e. The van der Waals surface area contributed by atoms with E-state index < -0.39 is 18.3 Å². The molecular formula is C16H30N2O8. The molecule has 2 N–H and O–H groups in total. The molecule has 0 heterocycles. The van der Waals surface area contributed by atoms with Crippen molar-refractivity contribution < 1.29 is 38.1 Å². The summed E-state index contributed by atoms with van der Waals surface area (Å²) in [6.07, 6.45) is -0.953. The van der Waals surface area contributed by atoms with E-state index in [1.807, 2.05) is 0 Å². The average molecular weight is 378 g/mol. The highest BCUT2D eigenvalue weighted by Gasteiger charge is 2.15. The number of hydrogen-bond acceptors (Lipinski definition) is 8. The molecule has 0 aliphatic heterocycles. The molecule has 26 heavy (non-hydrogen) atoms. The lowest BCUT2D eigenvalue weighted by molar-refractivity contribution is -0.117. The van der Waals surface area contributed by atoms with E-state index in [4.69, 9.17) is 23.7 Å². The van der Waals surface area contributed by atoms with Crippen LogP contribution in [-0.4, -0.2) is 84.4 Å². The number of amides is 2. The molecule has 0 aromatic heterocycles. The third kappa shape index (κ3) is 15.6. The summed E-state index contributed by atoms with van der Waals surface area (Å²) in [5.74, 6) is 0.0627. The highest BCUT2D eigenvalue weighted by Crippen LogP contribution is 2.00. The molecule has 152 valence electrons. The fraction of sp³-hybridized carbons (Fsp3) is 0.812. The first-order valence-corrected chi connectivity index (χ1v) is 8.39. The van der Waals surface area contributed by atoms with Gasteiger partial charge < -0.3 is 39.1 Å². The van der Waals surface area contributed by atoms with Crippen LogP contribution in [0.25, 0.3) is 0 Å². The zero-order valence-corrected chi connectivity index (χ0v) is 15.7. The largest absolute Gasteiger partial charge is 0.447 e. The van der Waals surface area contributed by atoms with Crippen LogP contribution in [0.2, 0.25) is 0 Å². The van der Waals surface area contributed by atoms with Gasteiger partial charge in [-0.15, -0.1) is 0 Å². The van der Waals surface area contributed by atoms with E-state index >= 15 is 0 Å². The van der Waals surface area contributed by atoms with E-state index in [0.29, 0.717) is 39.1 Å². The molecule has 10 nitrogen and oxygen atoms in total. The first-order chi connectivity index (χ1) is 12.5. The van der Waals surface area contributed by atoms with E-state index in [1.165, 1.54) is 21.1 Å². The van der Waals surface area contributed by atoms with Gasteiger partial charge >= 0.3 is 12.2 Å². The number of rotatable bonds is 15. The lowest BCUT2D eigenvalue weighted by Gasteiger charge is -2.18. The first-order valence-electron chi connectivity index (χ1n) is 8.39. The number of ketones is 1. The average Bonchev–Trinajstić information content (AvgIpc) is 2.60. The van der Waals surface area contributed by atoms with Gasteiger partial charge in [0.05, 0.1) is 13.2 Å². The van der Waals surface area contributed by atoms with Crippen LogP contribution < -0.4 is 10.6 Å². The van der Waals surface area contributed by atoms with Gasteiger partial charge in [0.1, 0.15) is 25.1 Å². The van der Waals surface area contributed by atoms with Crippen molar-refractivity contribution in [3.8, 4) is 0 Å². The van der Waals surface area contributed by atoms with Gasteiger partial charge in [-0.05, 0) is 13.3 Å². The predicted octanol–water partition coefficient (Wildman–Crippen LogP) is 0.486. The minimum absolute atomic E-state index is 0.0627. The predicted molar refractivity (Wildman–Crippen MR) is 92.1 cm³/mol. The Morgan fingerprint density at radius 2 is 1.35 bits per heavy atom. The van der Waals surface area contributed by atoms with E-state index in [-0.39, 0.29) is 25.6 Å². The number of nitrogens with one attached hydrogen (secondary N) is 2. The van der Waals surface area contributed by atoms with Gasteiger partial charge in [0.25, 0.3) is 0 Å². The van der Waals surface area contributed by atoms with Gasteiger partial charge in [-0.1, -0.05) is 0 Å². The van der Waals surface area contributed by atoms with Crippen LogP contribution in [0.5, 0.6) is 0 Å². The molecule has 0 aromatic rings. The molecule has 0 saturated carbocycles. The lowest BCUT2D eigenvalue weighted by atomic mass is 10.2. The van der Waals surface area contributed by atoms with Crippen molar-refractivity contribution in [1.82, 2.24) is 10.6 Å². The molecule has 0 rings (SSSR count). The third-order valence-corrected chi connectivity index (χ3v) is 2.98. The van der Waals surface area contributed by atoms with Crippen LogP contribution in [0.4, 0.5) is 9.59 Å². The summed E-state index contributed by atoms with van der Waals surface area (Å²) in [6, 6.07) is 0.